The van der Waals surface area contributed by atoms with Crippen LogP contribution in [0.2, 0.25) is 5.02 Å². The molecule has 0 radical (unpaired) electrons. The first-order valence-electron chi connectivity index (χ1n) is 11.2. The molecule has 0 spiro atoms. The van der Waals surface area contributed by atoms with Gasteiger partial charge in [-0.3, -0.25) is 9.59 Å². The van der Waals surface area contributed by atoms with Gasteiger partial charge in [-0.1, -0.05) is 11.6 Å². The Bertz CT molecular complexity index is 1290. The molecule has 0 unspecified atom stereocenters. The summed E-state index contributed by atoms with van der Waals surface area (Å²) < 4.78 is 19.6. The summed E-state index contributed by atoms with van der Waals surface area (Å²) in [7, 11) is 0. The summed E-state index contributed by atoms with van der Waals surface area (Å²) in [6.07, 6.45) is 3.99. The van der Waals surface area contributed by atoms with Gasteiger partial charge >= 0.3 is 0 Å². The molecule has 2 N–H and O–H groups in total. The summed E-state index contributed by atoms with van der Waals surface area (Å²) in [6, 6.07) is 12.7. The first-order chi connectivity index (χ1) is 16.5. The smallest absolute Gasteiger partial charge is 0.256 e. The molecule has 3 aromatic rings. The maximum atomic E-state index is 13.7. The fraction of sp³-hybridized carbons (Fsp3) is 0.231. The van der Waals surface area contributed by atoms with Gasteiger partial charge in [0, 0.05) is 29.9 Å². The number of carbonyl (C=O) groups is 2. The predicted octanol–water partition coefficient (Wildman–Crippen LogP) is 5.06. The Morgan fingerprint density at radius 1 is 1.15 bits per heavy atom. The maximum Gasteiger partial charge on any atom is 0.256 e. The summed E-state index contributed by atoms with van der Waals surface area (Å²) in [5.74, 6) is -0.0239. The standard InChI is InChI=1S/C26H23ClFN3O3/c27-22-6-3-16(13-21(22)25(32)29-9-12-31-10-1-2-11-31)24-8-5-18(34-24)15-20-19-14-17(28)4-7-23(19)30-26(20)33/h3-8,13-15H,1-2,9-12H2,(H,29,32)(H,30,33). The average Bonchev–Trinajstić information content (AvgIpc) is 3.56. The van der Waals surface area contributed by atoms with Crippen molar-refractivity contribution < 1.29 is 18.4 Å². The highest BCUT2D eigenvalue weighted by Crippen LogP contribution is 2.34. The largest absolute Gasteiger partial charge is 0.457 e. The van der Waals surface area contributed by atoms with E-state index in [1.807, 2.05) is 0 Å². The Morgan fingerprint density at radius 3 is 2.79 bits per heavy atom. The molecule has 34 heavy (non-hydrogen) atoms. The molecular formula is C26H23ClFN3O3. The number of amides is 2. The fourth-order valence-corrected chi connectivity index (χ4v) is 4.52. The van der Waals surface area contributed by atoms with Gasteiger partial charge in [-0.2, -0.15) is 0 Å². The lowest BCUT2D eigenvalue weighted by molar-refractivity contribution is -0.110. The Kier molecular flexibility index (Phi) is 6.22. The summed E-state index contributed by atoms with van der Waals surface area (Å²) in [4.78, 5) is 27.4. The number of likely N-dealkylation sites (tertiary alicyclic amines) is 1. The number of nitrogens with zero attached hydrogens (tertiary/aromatic N) is 1. The first kappa shape index (κ1) is 22.4. The van der Waals surface area contributed by atoms with Crippen LogP contribution in [0.5, 0.6) is 0 Å². The van der Waals surface area contributed by atoms with Crippen LogP contribution < -0.4 is 10.6 Å². The van der Waals surface area contributed by atoms with Gasteiger partial charge in [0.05, 0.1) is 16.2 Å². The Labute approximate surface area is 201 Å². The Morgan fingerprint density at radius 2 is 1.97 bits per heavy atom. The van der Waals surface area contributed by atoms with Crippen LogP contribution in [0.25, 0.3) is 23.0 Å². The molecule has 2 aliphatic heterocycles. The molecule has 2 amide bonds. The van der Waals surface area contributed by atoms with Crippen LogP contribution in [0.3, 0.4) is 0 Å². The zero-order valence-corrected chi connectivity index (χ0v) is 19.1. The van der Waals surface area contributed by atoms with Crippen LogP contribution in [0, 0.1) is 5.82 Å². The van der Waals surface area contributed by atoms with E-state index in [1.165, 1.54) is 31.0 Å². The number of anilines is 1. The lowest BCUT2D eigenvalue weighted by Crippen LogP contribution is -2.33. The van der Waals surface area contributed by atoms with Crippen LogP contribution in [-0.2, 0) is 4.79 Å². The summed E-state index contributed by atoms with van der Waals surface area (Å²) in [5.41, 5.74) is 2.42. The Hall–Kier alpha value is -3.42. The lowest BCUT2D eigenvalue weighted by atomic mass is 10.1. The molecule has 0 bridgehead atoms. The minimum absolute atomic E-state index is 0.235. The molecule has 0 aliphatic carbocycles. The SMILES string of the molecule is O=C1Nc2ccc(F)cc2C1=Cc1ccc(-c2ccc(Cl)c(C(=O)NCCN3CCCC3)c2)o1. The molecule has 2 aromatic carbocycles. The highest BCUT2D eigenvalue weighted by atomic mass is 35.5. The topological polar surface area (TPSA) is 74.6 Å². The van der Waals surface area contributed by atoms with Crippen LogP contribution in [0.15, 0.2) is 52.9 Å². The highest BCUT2D eigenvalue weighted by Gasteiger charge is 2.25. The predicted molar refractivity (Wildman–Crippen MR) is 130 cm³/mol. The minimum Gasteiger partial charge on any atom is -0.457 e. The van der Waals surface area contributed by atoms with E-state index in [4.69, 9.17) is 16.0 Å². The number of halogens is 2. The first-order valence-corrected chi connectivity index (χ1v) is 11.6. The molecule has 2 aliphatic rings. The van der Waals surface area contributed by atoms with Crippen molar-refractivity contribution in [2.75, 3.05) is 31.5 Å². The van der Waals surface area contributed by atoms with Crippen LogP contribution in [0.1, 0.15) is 34.5 Å². The van der Waals surface area contributed by atoms with Crippen LogP contribution in [0.4, 0.5) is 10.1 Å². The molecule has 0 saturated carbocycles. The van der Waals surface area contributed by atoms with E-state index in [2.05, 4.69) is 15.5 Å². The average molecular weight is 480 g/mol. The van der Waals surface area contributed by atoms with Crippen molar-refractivity contribution in [2.24, 2.45) is 0 Å². The summed E-state index contributed by atoms with van der Waals surface area (Å²) in [5, 5.41) is 6.01. The molecular weight excluding hydrogens is 457 g/mol. The number of carbonyl (C=O) groups excluding carboxylic acids is 2. The number of hydrogen-bond acceptors (Lipinski definition) is 4. The van der Waals surface area contributed by atoms with Gasteiger partial charge in [-0.15, -0.1) is 0 Å². The third kappa shape index (κ3) is 4.62. The number of furan rings is 1. The van der Waals surface area contributed by atoms with Gasteiger partial charge in [-0.05, 0) is 80.5 Å². The monoisotopic (exact) mass is 479 g/mol. The van der Waals surface area contributed by atoms with Gasteiger partial charge in [0.25, 0.3) is 11.8 Å². The molecule has 1 aromatic heterocycles. The lowest BCUT2D eigenvalue weighted by Gasteiger charge is -2.15. The molecule has 0 atom stereocenters. The van der Waals surface area contributed by atoms with Crippen molar-refractivity contribution in [3.8, 4) is 11.3 Å². The van der Waals surface area contributed by atoms with E-state index in [9.17, 15) is 14.0 Å². The van der Waals surface area contributed by atoms with Gasteiger partial charge in [-0.25, -0.2) is 4.39 Å². The van der Waals surface area contributed by atoms with Gasteiger partial charge < -0.3 is 20.0 Å². The summed E-state index contributed by atoms with van der Waals surface area (Å²) >= 11 is 6.29. The third-order valence-corrected chi connectivity index (χ3v) is 6.42. The van der Waals surface area contributed by atoms with Crippen molar-refractivity contribution in [2.45, 2.75) is 12.8 Å². The Balaban J connectivity index is 1.33. The van der Waals surface area contributed by atoms with Crippen molar-refractivity contribution in [3.05, 3.63) is 76.3 Å². The van der Waals surface area contributed by atoms with Gasteiger partial charge in [0.1, 0.15) is 17.3 Å². The van der Waals surface area contributed by atoms with Gasteiger partial charge in [0.15, 0.2) is 0 Å². The number of benzene rings is 2. The minimum atomic E-state index is -0.423. The number of fused-ring (bicyclic) bond motifs is 1. The normalized spacial score (nSPS) is 16.6. The zero-order valence-electron chi connectivity index (χ0n) is 18.4. The molecule has 3 heterocycles. The summed E-state index contributed by atoms with van der Waals surface area (Å²) in [6.45, 7) is 3.53. The second-order valence-corrected chi connectivity index (χ2v) is 8.81. The molecule has 174 valence electrons. The zero-order chi connectivity index (χ0) is 23.7. The van der Waals surface area contributed by atoms with Gasteiger partial charge in [0.2, 0.25) is 0 Å². The number of nitrogens with one attached hydrogen (secondary N) is 2. The van der Waals surface area contributed by atoms with E-state index in [-0.39, 0.29) is 11.8 Å². The van der Waals surface area contributed by atoms with E-state index in [1.54, 1.807) is 36.4 Å². The molecule has 5 rings (SSSR count). The maximum absolute atomic E-state index is 13.7. The van der Waals surface area contributed by atoms with E-state index < -0.39 is 5.82 Å². The number of hydrogen-bond donors (Lipinski definition) is 2. The second kappa shape index (κ2) is 9.44. The van der Waals surface area contributed by atoms with Crippen molar-refractivity contribution >= 4 is 40.8 Å². The highest BCUT2D eigenvalue weighted by molar-refractivity contribution is 6.35. The molecule has 8 heteroatoms. The van der Waals surface area contributed by atoms with Crippen LogP contribution in [-0.4, -0.2) is 42.9 Å². The molecule has 6 nitrogen and oxygen atoms in total. The van der Waals surface area contributed by atoms with E-state index in [0.29, 0.717) is 51.0 Å². The molecule has 1 saturated heterocycles. The number of rotatable bonds is 6. The van der Waals surface area contributed by atoms with E-state index >= 15 is 0 Å². The van der Waals surface area contributed by atoms with Crippen molar-refractivity contribution in [3.63, 3.8) is 0 Å². The van der Waals surface area contributed by atoms with Crippen LogP contribution >= 0.6 is 11.6 Å². The van der Waals surface area contributed by atoms with Crippen molar-refractivity contribution in [1.82, 2.24) is 10.2 Å². The van der Waals surface area contributed by atoms with Crippen molar-refractivity contribution in [1.29, 1.82) is 0 Å². The molecule has 1 fully saturated rings. The fourth-order valence-electron chi connectivity index (χ4n) is 4.31. The second-order valence-electron chi connectivity index (χ2n) is 8.40. The van der Waals surface area contributed by atoms with E-state index in [0.717, 1.165) is 19.6 Å². The third-order valence-electron chi connectivity index (χ3n) is 6.09. The quantitative estimate of drug-likeness (QED) is 0.485.